The van der Waals surface area contributed by atoms with E-state index < -0.39 is 10.2 Å². The third-order valence-electron chi connectivity index (χ3n) is 2.33. The highest BCUT2D eigenvalue weighted by Gasteiger charge is 2.19. The maximum absolute atomic E-state index is 4.29. The molecule has 0 aromatic rings. The lowest BCUT2D eigenvalue weighted by atomic mass is 10.8. The molecule has 0 fully saturated rings. The second kappa shape index (κ2) is 4.74. The first-order chi connectivity index (χ1) is 5.86. The normalized spacial score (nSPS) is 14.2. The van der Waals surface area contributed by atoms with Gasteiger partial charge < -0.3 is 9.21 Å². The van der Waals surface area contributed by atoms with Crippen molar-refractivity contribution in [1.82, 2.24) is 9.21 Å². The Bertz CT molecular complexity index is 187. The monoisotopic (exact) mass is 205 g/mol. The van der Waals surface area contributed by atoms with Crippen molar-refractivity contribution in [2.24, 2.45) is 4.99 Å². The minimum atomic E-state index is -0.694. The molecule has 0 aromatic carbocycles. The molecule has 0 rings (SSSR count). The Hall–Kier alpha value is -0.380. The van der Waals surface area contributed by atoms with Crippen LogP contribution in [0, 0.1) is 0 Å². The summed E-state index contributed by atoms with van der Waals surface area (Å²) in [6.45, 7) is 2.23. The van der Waals surface area contributed by atoms with Gasteiger partial charge in [-0.2, -0.15) is 10.2 Å². The molecule has 0 atom stereocenters. The lowest BCUT2D eigenvalue weighted by Gasteiger charge is -2.43. The summed E-state index contributed by atoms with van der Waals surface area (Å²) in [6, 6.07) is 0. The van der Waals surface area contributed by atoms with E-state index >= 15 is 0 Å². The van der Waals surface area contributed by atoms with Gasteiger partial charge in [0.05, 0.1) is 0 Å². The minimum absolute atomic E-state index is 0.694. The summed E-state index contributed by atoms with van der Waals surface area (Å²) >= 11 is 0. The van der Waals surface area contributed by atoms with Crippen molar-refractivity contribution in [3.63, 3.8) is 0 Å². The molecule has 0 saturated heterocycles. The molecule has 3 nitrogen and oxygen atoms in total. The molecule has 0 heterocycles. The number of guanidine groups is 1. The largest absolute Gasteiger partial charge is 0.348 e. The summed E-state index contributed by atoms with van der Waals surface area (Å²) in [5.41, 5.74) is 0. The summed E-state index contributed by atoms with van der Waals surface area (Å²) in [6.07, 6.45) is 4.61. The zero-order chi connectivity index (χ0) is 10.6. The first-order valence-corrected chi connectivity index (χ1v) is 7.03. The Morgan fingerprint density at radius 3 is 1.92 bits per heavy atom. The topological polar surface area (TPSA) is 18.8 Å². The van der Waals surface area contributed by atoms with Gasteiger partial charge in [0.1, 0.15) is 0 Å². The van der Waals surface area contributed by atoms with Crippen LogP contribution in [-0.4, -0.2) is 61.6 Å². The number of hydrogen-bond donors (Lipinski definition) is 0. The number of aliphatic imine (C=N–C) groups is 1. The molecular weight excluding hydrogens is 182 g/mol. The molecule has 0 aliphatic heterocycles. The van der Waals surface area contributed by atoms with E-state index in [4.69, 9.17) is 0 Å². The molecular formula is C9H23N3S. The van der Waals surface area contributed by atoms with Crippen molar-refractivity contribution in [3.05, 3.63) is 0 Å². The summed E-state index contributed by atoms with van der Waals surface area (Å²) in [7, 11) is 7.34. The van der Waals surface area contributed by atoms with Gasteiger partial charge in [-0.1, -0.05) is 6.92 Å². The Kier molecular flexibility index (Phi) is 4.61. The molecule has 0 bridgehead atoms. The maximum atomic E-state index is 4.29. The molecule has 0 aliphatic rings. The second-order valence-corrected chi connectivity index (χ2v) is 7.77. The quantitative estimate of drug-likeness (QED) is 0.502. The molecule has 0 spiro atoms. The molecule has 0 amide bonds. The van der Waals surface area contributed by atoms with Crippen molar-refractivity contribution < 1.29 is 0 Å². The average molecular weight is 205 g/mol. The predicted molar refractivity (Wildman–Crippen MR) is 64.8 cm³/mol. The zero-order valence-corrected chi connectivity index (χ0v) is 10.8. The van der Waals surface area contributed by atoms with Crippen LogP contribution in [0.3, 0.4) is 0 Å². The highest BCUT2D eigenvalue weighted by atomic mass is 32.3. The molecule has 4 heteroatoms. The van der Waals surface area contributed by atoms with Crippen molar-refractivity contribution in [3.8, 4) is 0 Å². The van der Waals surface area contributed by atoms with Crippen LogP contribution < -0.4 is 0 Å². The van der Waals surface area contributed by atoms with Gasteiger partial charge in [-0.3, -0.25) is 4.99 Å². The van der Waals surface area contributed by atoms with Crippen LogP contribution in [0.25, 0.3) is 0 Å². The smallest absolute Gasteiger partial charge is 0.204 e. The molecule has 80 valence electrons. The highest BCUT2D eigenvalue weighted by molar-refractivity contribution is 8.31. The fourth-order valence-electron chi connectivity index (χ4n) is 1.04. The van der Waals surface area contributed by atoms with E-state index in [2.05, 4.69) is 40.7 Å². The van der Waals surface area contributed by atoms with E-state index in [1.165, 1.54) is 5.75 Å². The minimum Gasteiger partial charge on any atom is -0.348 e. The lowest BCUT2D eigenvalue weighted by molar-refractivity contribution is 0.548. The van der Waals surface area contributed by atoms with Crippen LogP contribution in [-0.2, 0) is 0 Å². The van der Waals surface area contributed by atoms with Crippen LogP contribution in [0.4, 0.5) is 0 Å². The maximum Gasteiger partial charge on any atom is 0.204 e. The van der Waals surface area contributed by atoms with Crippen molar-refractivity contribution in [2.75, 3.05) is 46.5 Å². The summed E-state index contributed by atoms with van der Waals surface area (Å²) in [5.74, 6) is 2.25. The fourth-order valence-corrected chi connectivity index (χ4v) is 2.11. The van der Waals surface area contributed by atoms with Gasteiger partial charge in [-0.25, -0.2) is 0 Å². The Balaban J connectivity index is 4.66. The van der Waals surface area contributed by atoms with E-state index in [1.807, 2.05) is 21.1 Å². The number of nitrogens with zero attached hydrogens (tertiary/aromatic N) is 3. The molecule has 0 aliphatic carbocycles. The molecule has 13 heavy (non-hydrogen) atoms. The Labute approximate surface area is 84.3 Å². The van der Waals surface area contributed by atoms with E-state index in [9.17, 15) is 0 Å². The predicted octanol–water partition coefficient (Wildman–Crippen LogP) is 1.46. The van der Waals surface area contributed by atoms with Crippen LogP contribution in [0.1, 0.15) is 6.92 Å². The van der Waals surface area contributed by atoms with Crippen LogP contribution in [0.2, 0.25) is 0 Å². The summed E-state index contributed by atoms with van der Waals surface area (Å²) in [4.78, 5) is 6.35. The van der Waals surface area contributed by atoms with Gasteiger partial charge in [-0.05, 0) is 18.3 Å². The standard InChI is InChI=1S/C9H23N3S/c1-8-13(6,7)12(5)9(10-2)11(3)4/h8H2,1-7H3. The first-order valence-electron chi connectivity index (χ1n) is 4.45. The third-order valence-corrected chi connectivity index (χ3v) is 5.39. The van der Waals surface area contributed by atoms with Crippen LogP contribution in [0.5, 0.6) is 0 Å². The SMILES string of the molecule is CCS(C)(C)N(C)C(=NC)N(C)C. The van der Waals surface area contributed by atoms with Crippen molar-refractivity contribution >= 4 is 16.2 Å². The van der Waals surface area contributed by atoms with Gasteiger partial charge in [0.15, 0.2) is 0 Å². The number of hydrogen-bond acceptors (Lipinski definition) is 1. The van der Waals surface area contributed by atoms with E-state index in [1.54, 1.807) is 0 Å². The van der Waals surface area contributed by atoms with Gasteiger partial charge in [0.2, 0.25) is 5.96 Å². The van der Waals surface area contributed by atoms with E-state index in [-0.39, 0.29) is 0 Å². The van der Waals surface area contributed by atoms with Gasteiger partial charge in [0.25, 0.3) is 0 Å². The van der Waals surface area contributed by atoms with Crippen molar-refractivity contribution in [2.45, 2.75) is 6.92 Å². The van der Waals surface area contributed by atoms with E-state index in [0.717, 1.165) is 5.96 Å². The fraction of sp³-hybridized carbons (Fsp3) is 0.889. The third kappa shape index (κ3) is 3.10. The average Bonchev–Trinajstić information content (AvgIpc) is 2.05. The Morgan fingerprint density at radius 1 is 1.23 bits per heavy atom. The Morgan fingerprint density at radius 2 is 1.69 bits per heavy atom. The highest BCUT2D eigenvalue weighted by Crippen LogP contribution is 2.42. The van der Waals surface area contributed by atoms with Crippen LogP contribution >= 0.6 is 10.2 Å². The van der Waals surface area contributed by atoms with Gasteiger partial charge in [-0.15, -0.1) is 0 Å². The van der Waals surface area contributed by atoms with Gasteiger partial charge in [0, 0.05) is 28.2 Å². The van der Waals surface area contributed by atoms with E-state index in [0.29, 0.717) is 0 Å². The van der Waals surface area contributed by atoms with Gasteiger partial charge >= 0.3 is 0 Å². The lowest BCUT2D eigenvalue weighted by Crippen LogP contribution is -2.39. The molecule has 0 aromatic heterocycles. The zero-order valence-electron chi connectivity index (χ0n) is 9.96. The summed E-state index contributed by atoms with van der Waals surface area (Å²) < 4.78 is 2.30. The molecule has 0 unspecified atom stereocenters. The molecule has 0 N–H and O–H groups in total. The van der Waals surface area contributed by atoms with Crippen molar-refractivity contribution in [1.29, 1.82) is 0 Å². The van der Waals surface area contributed by atoms with Crippen LogP contribution in [0.15, 0.2) is 4.99 Å². The summed E-state index contributed by atoms with van der Waals surface area (Å²) in [5, 5.41) is 0. The number of rotatable bonds is 2. The second-order valence-electron chi connectivity index (χ2n) is 3.68. The first kappa shape index (κ1) is 12.6. The molecule has 0 saturated carbocycles. The molecule has 0 radical (unpaired) electrons.